The van der Waals surface area contributed by atoms with Gasteiger partial charge >= 0.3 is 5.97 Å². The Balaban J connectivity index is 1.68. The Bertz CT molecular complexity index is 751. The predicted molar refractivity (Wildman–Crippen MR) is 121 cm³/mol. The normalized spacial score (nSPS) is 46.0. The molecule has 0 amide bonds. The molecule has 0 heterocycles. The van der Waals surface area contributed by atoms with Crippen LogP contribution in [-0.4, -0.2) is 22.3 Å². The topological polar surface area (TPSA) is 57.5 Å². The van der Waals surface area contributed by atoms with E-state index in [1.165, 1.54) is 38.5 Å². The van der Waals surface area contributed by atoms with E-state index in [0.29, 0.717) is 24.2 Å². The van der Waals surface area contributed by atoms with Crippen LogP contribution in [0.25, 0.3) is 0 Å². The fourth-order valence-electron chi connectivity index (χ4n) is 9.18. The molecule has 2 saturated carbocycles. The average Bonchev–Trinajstić information content (AvgIpc) is 2.95. The number of allylic oxidation sites excluding steroid dienone is 2. The van der Waals surface area contributed by atoms with E-state index in [1.807, 2.05) is 0 Å². The molecule has 4 aliphatic carbocycles. The van der Waals surface area contributed by atoms with Gasteiger partial charge in [-0.05, 0) is 97.2 Å². The van der Waals surface area contributed by atoms with E-state index < -0.39 is 5.97 Å². The summed E-state index contributed by atoms with van der Waals surface area (Å²) in [5, 5.41) is 19.9. The Kier molecular flexibility index (Phi) is 5.28. The molecule has 3 nitrogen and oxygen atoms in total. The maximum atomic E-state index is 11.2. The molecule has 0 aliphatic heterocycles. The minimum absolute atomic E-state index is 0.00323. The van der Waals surface area contributed by atoms with Crippen molar-refractivity contribution in [1.82, 2.24) is 0 Å². The highest BCUT2D eigenvalue weighted by Gasteiger charge is 2.63. The summed E-state index contributed by atoms with van der Waals surface area (Å²) in [6, 6.07) is 0. The summed E-state index contributed by atoms with van der Waals surface area (Å²) < 4.78 is 0. The van der Waals surface area contributed by atoms with Crippen molar-refractivity contribution in [3.8, 4) is 0 Å². The van der Waals surface area contributed by atoms with E-state index >= 15 is 0 Å². The largest absolute Gasteiger partial charge is 0.481 e. The van der Waals surface area contributed by atoms with Crippen LogP contribution in [-0.2, 0) is 4.79 Å². The molecule has 0 spiro atoms. The van der Waals surface area contributed by atoms with Crippen molar-refractivity contribution in [2.24, 2.45) is 39.4 Å². The Morgan fingerprint density at radius 3 is 2.37 bits per heavy atom. The number of carbonyl (C=O) groups is 1. The molecule has 2 N–H and O–H groups in total. The first-order valence-electron chi connectivity index (χ1n) is 12.5. The zero-order valence-electron chi connectivity index (χ0n) is 20.2. The summed E-state index contributed by atoms with van der Waals surface area (Å²) >= 11 is 0. The molecule has 4 rings (SSSR count). The first kappa shape index (κ1) is 22.4. The fraction of sp³-hybridized carbons (Fsp3) is 0.889. The molecular weight excluding hydrogens is 372 g/mol. The Morgan fingerprint density at radius 2 is 1.70 bits per heavy atom. The molecule has 3 heteroatoms. The van der Waals surface area contributed by atoms with Gasteiger partial charge in [-0.2, -0.15) is 0 Å². The molecule has 0 saturated heterocycles. The minimum atomic E-state index is -0.658. The Labute approximate surface area is 183 Å². The molecular formula is C27H44O3. The van der Waals surface area contributed by atoms with Crippen LogP contribution >= 0.6 is 0 Å². The van der Waals surface area contributed by atoms with E-state index in [9.17, 15) is 15.0 Å². The van der Waals surface area contributed by atoms with Crippen LogP contribution in [0, 0.1) is 39.4 Å². The van der Waals surface area contributed by atoms with Gasteiger partial charge in [0.25, 0.3) is 0 Å². The van der Waals surface area contributed by atoms with E-state index in [-0.39, 0.29) is 27.8 Å². The van der Waals surface area contributed by atoms with Gasteiger partial charge in [-0.1, -0.05) is 52.7 Å². The number of hydrogen-bond acceptors (Lipinski definition) is 2. The van der Waals surface area contributed by atoms with Gasteiger partial charge in [-0.3, -0.25) is 4.79 Å². The van der Waals surface area contributed by atoms with Crippen molar-refractivity contribution in [3.63, 3.8) is 0 Å². The van der Waals surface area contributed by atoms with Gasteiger partial charge in [0.05, 0.1) is 6.10 Å². The second kappa shape index (κ2) is 7.09. The molecule has 30 heavy (non-hydrogen) atoms. The lowest BCUT2D eigenvalue weighted by molar-refractivity contribution is -0.137. The molecule has 0 radical (unpaired) electrons. The summed E-state index contributed by atoms with van der Waals surface area (Å²) in [6.07, 6.45) is 10.4. The Hall–Kier alpha value is -0.830. The van der Waals surface area contributed by atoms with E-state index in [1.54, 1.807) is 11.1 Å². The number of hydrogen-bond donors (Lipinski definition) is 2. The van der Waals surface area contributed by atoms with Crippen molar-refractivity contribution in [2.75, 3.05) is 0 Å². The first-order chi connectivity index (χ1) is 13.9. The van der Waals surface area contributed by atoms with E-state index in [2.05, 4.69) is 41.5 Å². The highest BCUT2D eigenvalue weighted by atomic mass is 16.4. The molecule has 4 aliphatic rings. The molecule has 0 aromatic carbocycles. The zero-order chi connectivity index (χ0) is 22.1. The Morgan fingerprint density at radius 1 is 1.00 bits per heavy atom. The quantitative estimate of drug-likeness (QED) is 0.508. The average molecular weight is 417 g/mol. The number of carboxylic acids is 1. The van der Waals surface area contributed by atoms with Crippen molar-refractivity contribution in [3.05, 3.63) is 11.1 Å². The maximum Gasteiger partial charge on any atom is 0.303 e. The molecule has 0 aromatic rings. The summed E-state index contributed by atoms with van der Waals surface area (Å²) in [5.74, 6) is 1.03. The summed E-state index contributed by atoms with van der Waals surface area (Å²) in [4.78, 5) is 11.2. The number of aliphatic hydroxyl groups excluding tert-OH is 1. The fourth-order valence-corrected chi connectivity index (χ4v) is 9.18. The van der Waals surface area contributed by atoms with Gasteiger partial charge in [0, 0.05) is 6.42 Å². The lowest BCUT2D eigenvalue weighted by Crippen LogP contribution is -2.55. The van der Waals surface area contributed by atoms with Crippen LogP contribution < -0.4 is 0 Å². The monoisotopic (exact) mass is 416 g/mol. The highest BCUT2D eigenvalue weighted by Crippen LogP contribution is 2.72. The number of aliphatic hydroxyl groups is 1. The summed E-state index contributed by atoms with van der Waals surface area (Å²) in [5.41, 5.74) is 4.32. The van der Waals surface area contributed by atoms with Crippen LogP contribution in [0.4, 0.5) is 0 Å². The second-order valence-electron chi connectivity index (χ2n) is 12.6. The SMILES string of the molecule is C[C@H](CCC(=O)O)[C@@H]1CC[C@@]2(C)C3=C(CC[C@]12C)[C@@]1(C)CC[C@H](O)C(C)(C)[C@@H]1CC3. The van der Waals surface area contributed by atoms with Gasteiger partial charge in [0.15, 0.2) is 0 Å². The lowest BCUT2D eigenvalue weighted by atomic mass is 9.43. The molecule has 2 fully saturated rings. The predicted octanol–water partition coefficient (Wildman–Crippen LogP) is 6.60. The zero-order valence-corrected chi connectivity index (χ0v) is 20.2. The van der Waals surface area contributed by atoms with Gasteiger partial charge in [0.1, 0.15) is 0 Å². The van der Waals surface area contributed by atoms with Gasteiger partial charge < -0.3 is 10.2 Å². The standard InChI is InChI=1S/C27H44O3/c1-17(7-10-23(29)30)18-11-15-27(6)20-8-9-21-24(2,3)22(28)13-14-25(21,4)19(20)12-16-26(18,27)5/h17-18,21-22,28H,7-16H2,1-6H3,(H,29,30)/t17-,18+,21+,22+,25-,26-,27+/m1/s1. The number of fused-ring (bicyclic) bond motifs is 4. The van der Waals surface area contributed by atoms with Crippen LogP contribution in [0.5, 0.6) is 0 Å². The lowest BCUT2D eigenvalue weighted by Gasteiger charge is -2.62. The van der Waals surface area contributed by atoms with Crippen molar-refractivity contribution >= 4 is 5.97 Å². The molecule has 0 aromatic heterocycles. The van der Waals surface area contributed by atoms with Crippen LogP contribution in [0.1, 0.15) is 106 Å². The van der Waals surface area contributed by atoms with Gasteiger partial charge in [-0.25, -0.2) is 0 Å². The molecule has 170 valence electrons. The molecule has 0 bridgehead atoms. The third-order valence-electron chi connectivity index (χ3n) is 11.3. The van der Waals surface area contributed by atoms with E-state index in [0.717, 1.165) is 19.3 Å². The maximum absolute atomic E-state index is 11.2. The second-order valence-corrected chi connectivity index (χ2v) is 12.6. The van der Waals surface area contributed by atoms with E-state index in [4.69, 9.17) is 0 Å². The summed E-state index contributed by atoms with van der Waals surface area (Å²) in [6.45, 7) is 14.5. The third kappa shape index (κ3) is 2.90. The van der Waals surface area contributed by atoms with Crippen molar-refractivity contribution in [1.29, 1.82) is 0 Å². The number of rotatable bonds is 4. The number of aliphatic carboxylic acids is 1. The third-order valence-corrected chi connectivity index (χ3v) is 11.3. The molecule has 7 atom stereocenters. The van der Waals surface area contributed by atoms with Crippen molar-refractivity contribution < 1.29 is 15.0 Å². The van der Waals surface area contributed by atoms with Gasteiger partial charge in [0.2, 0.25) is 0 Å². The van der Waals surface area contributed by atoms with Crippen LogP contribution in [0.2, 0.25) is 0 Å². The smallest absolute Gasteiger partial charge is 0.303 e. The molecule has 0 unspecified atom stereocenters. The van der Waals surface area contributed by atoms with Crippen molar-refractivity contribution in [2.45, 2.75) is 112 Å². The van der Waals surface area contributed by atoms with Crippen LogP contribution in [0.3, 0.4) is 0 Å². The van der Waals surface area contributed by atoms with Gasteiger partial charge in [-0.15, -0.1) is 0 Å². The van der Waals surface area contributed by atoms with Crippen LogP contribution in [0.15, 0.2) is 11.1 Å². The minimum Gasteiger partial charge on any atom is -0.481 e. The summed E-state index contributed by atoms with van der Waals surface area (Å²) in [7, 11) is 0. The first-order valence-corrected chi connectivity index (χ1v) is 12.5. The highest BCUT2D eigenvalue weighted by molar-refractivity contribution is 5.66. The number of carboxylic acid groups (broad SMARTS) is 1.